The number of aliphatic hydroxyl groups excluding tert-OH is 1. The van der Waals surface area contributed by atoms with Gasteiger partial charge in [0.2, 0.25) is 5.91 Å². The molecule has 1 saturated carbocycles. The number of hydrogen-bond acceptors (Lipinski definition) is 3. The fraction of sp³-hybridized carbons (Fsp3) is 0.632. The van der Waals surface area contributed by atoms with Gasteiger partial charge in [-0.2, -0.15) is 0 Å². The molecule has 2 atom stereocenters. The first-order valence-electron chi connectivity index (χ1n) is 8.88. The van der Waals surface area contributed by atoms with Crippen molar-refractivity contribution in [2.75, 3.05) is 18.4 Å². The molecule has 0 spiro atoms. The van der Waals surface area contributed by atoms with Gasteiger partial charge in [0.15, 0.2) is 0 Å². The lowest BCUT2D eigenvalue weighted by Gasteiger charge is -2.40. The molecule has 132 valence electrons. The summed E-state index contributed by atoms with van der Waals surface area (Å²) in [6.07, 6.45) is 2.20. The van der Waals surface area contributed by atoms with Crippen molar-refractivity contribution in [2.45, 2.75) is 63.8 Å². The van der Waals surface area contributed by atoms with Gasteiger partial charge in [0.25, 0.3) is 0 Å². The molecule has 0 unspecified atom stereocenters. The van der Waals surface area contributed by atoms with Crippen LogP contribution >= 0.6 is 0 Å². The zero-order chi connectivity index (χ0) is 17.3. The van der Waals surface area contributed by atoms with E-state index in [4.69, 9.17) is 0 Å². The maximum atomic E-state index is 13.7. The van der Waals surface area contributed by atoms with Crippen LogP contribution in [-0.2, 0) is 4.79 Å². The van der Waals surface area contributed by atoms with Gasteiger partial charge in [0.1, 0.15) is 17.8 Å². The number of likely N-dealkylation sites (tertiary alicyclic amines) is 1. The van der Waals surface area contributed by atoms with Gasteiger partial charge in [-0.1, -0.05) is 25.3 Å². The molecule has 1 aliphatic heterocycles. The Morgan fingerprint density at radius 1 is 1.21 bits per heavy atom. The molecule has 0 bridgehead atoms. The van der Waals surface area contributed by atoms with E-state index in [9.17, 15) is 14.3 Å². The Morgan fingerprint density at radius 3 is 2.50 bits per heavy atom. The third-order valence-corrected chi connectivity index (χ3v) is 5.51. The lowest BCUT2D eigenvalue weighted by Crippen LogP contribution is -2.54. The molecule has 1 aliphatic carbocycles. The summed E-state index contributed by atoms with van der Waals surface area (Å²) in [5.74, 6) is -0.0698. The number of amides is 1. The summed E-state index contributed by atoms with van der Waals surface area (Å²) < 4.78 is 13.7. The number of benzene rings is 1. The fourth-order valence-corrected chi connectivity index (χ4v) is 3.86. The first-order chi connectivity index (χ1) is 11.4. The summed E-state index contributed by atoms with van der Waals surface area (Å²) in [4.78, 5) is 14.7. The van der Waals surface area contributed by atoms with E-state index >= 15 is 0 Å². The van der Waals surface area contributed by atoms with E-state index in [1.807, 2.05) is 6.07 Å². The van der Waals surface area contributed by atoms with Crippen LogP contribution in [-0.4, -0.2) is 46.8 Å². The highest BCUT2D eigenvalue weighted by Gasteiger charge is 2.45. The molecule has 0 aromatic heterocycles. The van der Waals surface area contributed by atoms with Gasteiger partial charge in [0, 0.05) is 12.2 Å². The topological polar surface area (TPSA) is 52.6 Å². The van der Waals surface area contributed by atoms with E-state index in [0.717, 1.165) is 37.8 Å². The van der Waals surface area contributed by atoms with E-state index in [1.165, 1.54) is 16.0 Å². The van der Waals surface area contributed by atoms with Gasteiger partial charge in [-0.25, -0.2) is 4.39 Å². The predicted molar refractivity (Wildman–Crippen MR) is 92.8 cm³/mol. The normalized spacial score (nSPS) is 26.4. The zero-order valence-electron chi connectivity index (χ0n) is 14.5. The smallest absolute Gasteiger partial charge is 0.248 e. The van der Waals surface area contributed by atoms with Crippen molar-refractivity contribution >= 4 is 11.6 Å². The molecule has 5 heteroatoms. The number of anilines is 1. The average molecular weight is 334 g/mol. The molecule has 1 aromatic rings. The largest absolute Gasteiger partial charge is 0.388 e. The van der Waals surface area contributed by atoms with E-state index in [0.29, 0.717) is 0 Å². The highest BCUT2D eigenvalue weighted by molar-refractivity contribution is 5.90. The van der Waals surface area contributed by atoms with E-state index in [-0.39, 0.29) is 19.0 Å². The number of alkyl halides is 1. The molecule has 1 aromatic carbocycles. The Labute approximate surface area is 143 Å². The number of halogens is 1. The molecule has 0 radical (unpaired) electrons. The molecule has 4 nitrogen and oxygen atoms in total. The number of β-amino-alcohol motifs (C(OH)–C–C–N with tert-alkyl or cyclic N) is 1. The Hall–Kier alpha value is -1.62. The van der Waals surface area contributed by atoms with Gasteiger partial charge >= 0.3 is 0 Å². The predicted octanol–water partition coefficient (Wildman–Crippen LogP) is 2.96. The van der Waals surface area contributed by atoms with Crippen LogP contribution in [0.5, 0.6) is 0 Å². The van der Waals surface area contributed by atoms with Gasteiger partial charge in [-0.05, 0) is 49.9 Å². The van der Waals surface area contributed by atoms with Crippen LogP contribution in [0.1, 0.15) is 43.2 Å². The average Bonchev–Trinajstić information content (AvgIpc) is 2.90. The summed E-state index contributed by atoms with van der Waals surface area (Å²) in [7, 11) is 0. The Morgan fingerprint density at radius 2 is 1.92 bits per heavy atom. The third kappa shape index (κ3) is 3.27. The van der Waals surface area contributed by atoms with Crippen LogP contribution in [0.2, 0.25) is 0 Å². The zero-order valence-corrected chi connectivity index (χ0v) is 14.5. The number of carbonyl (C=O) groups excluding carboxylic acids is 1. The molecule has 24 heavy (non-hydrogen) atoms. The number of nitrogens with one attached hydrogen (secondary N) is 1. The number of nitrogens with zero attached hydrogens (tertiary/aromatic N) is 1. The molecule has 3 rings (SSSR count). The van der Waals surface area contributed by atoms with Crippen LogP contribution in [0, 0.1) is 13.8 Å². The second-order valence-corrected chi connectivity index (χ2v) is 7.36. The SMILES string of the molecule is Cc1ccc(NC2(C(=O)N3C[C@H](O)[C@@H](F)C3)CCCCC2)cc1C. The van der Waals surface area contributed by atoms with Gasteiger partial charge < -0.3 is 15.3 Å². The van der Waals surface area contributed by atoms with E-state index in [2.05, 4.69) is 31.3 Å². The van der Waals surface area contributed by atoms with Crippen molar-refractivity contribution in [1.82, 2.24) is 4.90 Å². The molecular weight excluding hydrogens is 307 g/mol. The van der Waals surface area contributed by atoms with Crippen molar-refractivity contribution in [2.24, 2.45) is 0 Å². The second kappa shape index (κ2) is 6.71. The van der Waals surface area contributed by atoms with Crippen LogP contribution in [0.25, 0.3) is 0 Å². The number of aryl methyl sites for hydroxylation is 2. The van der Waals surface area contributed by atoms with Crippen molar-refractivity contribution in [3.05, 3.63) is 29.3 Å². The van der Waals surface area contributed by atoms with Crippen molar-refractivity contribution < 1.29 is 14.3 Å². The van der Waals surface area contributed by atoms with Crippen LogP contribution in [0.15, 0.2) is 18.2 Å². The molecular formula is C19H27FN2O2. The minimum Gasteiger partial charge on any atom is -0.388 e. The summed E-state index contributed by atoms with van der Waals surface area (Å²) in [6.45, 7) is 4.21. The summed E-state index contributed by atoms with van der Waals surface area (Å²) in [5.41, 5.74) is 2.65. The number of hydrogen-bond donors (Lipinski definition) is 2. The van der Waals surface area contributed by atoms with Crippen LogP contribution < -0.4 is 5.32 Å². The van der Waals surface area contributed by atoms with Gasteiger partial charge in [-0.3, -0.25) is 4.79 Å². The lowest BCUT2D eigenvalue weighted by atomic mass is 9.80. The van der Waals surface area contributed by atoms with Crippen molar-refractivity contribution in [1.29, 1.82) is 0 Å². The monoisotopic (exact) mass is 334 g/mol. The van der Waals surface area contributed by atoms with Crippen molar-refractivity contribution in [3.8, 4) is 0 Å². The highest BCUT2D eigenvalue weighted by atomic mass is 19.1. The van der Waals surface area contributed by atoms with Crippen molar-refractivity contribution in [3.63, 3.8) is 0 Å². The first kappa shape index (κ1) is 17.2. The Bertz CT molecular complexity index is 603. The maximum Gasteiger partial charge on any atom is 0.248 e. The molecule has 2 aliphatic rings. The second-order valence-electron chi connectivity index (χ2n) is 7.36. The third-order valence-electron chi connectivity index (χ3n) is 5.51. The van der Waals surface area contributed by atoms with E-state index in [1.54, 1.807) is 0 Å². The van der Waals surface area contributed by atoms with Gasteiger partial charge in [-0.15, -0.1) is 0 Å². The molecule has 2 fully saturated rings. The molecule has 1 heterocycles. The number of rotatable bonds is 3. The minimum absolute atomic E-state index is 0.00362. The number of carbonyl (C=O) groups is 1. The fourth-order valence-electron chi connectivity index (χ4n) is 3.86. The van der Waals surface area contributed by atoms with Crippen LogP contribution in [0.4, 0.5) is 10.1 Å². The summed E-state index contributed by atoms with van der Waals surface area (Å²) >= 11 is 0. The first-order valence-corrected chi connectivity index (χ1v) is 8.88. The molecule has 2 N–H and O–H groups in total. The van der Waals surface area contributed by atoms with E-state index < -0.39 is 17.8 Å². The standard InChI is InChI=1S/C19H27FN2O2/c1-13-6-7-15(10-14(13)2)21-19(8-4-3-5-9-19)18(24)22-11-16(20)17(23)12-22/h6-7,10,16-17,21,23H,3-5,8-9,11-12H2,1-2H3/t16-,17-/m0/s1. The lowest BCUT2D eigenvalue weighted by molar-refractivity contribution is -0.136. The van der Waals surface area contributed by atoms with Crippen LogP contribution in [0.3, 0.4) is 0 Å². The highest BCUT2D eigenvalue weighted by Crippen LogP contribution is 2.35. The maximum absolute atomic E-state index is 13.7. The molecule has 1 saturated heterocycles. The molecule has 1 amide bonds. The Balaban J connectivity index is 1.84. The minimum atomic E-state index is -1.34. The summed E-state index contributed by atoms with van der Waals surface area (Å²) in [6, 6.07) is 6.12. The summed E-state index contributed by atoms with van der Waals surface area (Å²) in [5, 5.41) is 13.1. The Kier molecular flexibility index (Phi) is 4.81. The number of aliphatic hydroxyl groups is 1. The quantitative estimate of drug-likeness (QED) is 0.893. The van der Waals surface area contributed by atoms with Gasteiger partial charge in [0.05, 0.1) is 6.54 Å².